The zero-order valence-electron chi connectivity index (χ0n) is 16.5. The van der Waals surface area contributed by atoms with Gasteiger partial charge in [0.2, 0.25) is 0 Å². The van der Waals surface area contributed by atoms with Gasteiger partial charge in [-0.25, -0.2) is 4.98 Å². The van der Waals surface area contributed by atoms with Crippen LogP contribution in [0.1, 0.15) is 0 Å². The monoisotopic (exact) mass is 429 g/mol. The first kappa shape index (κ1) is 19.6. The summed E-state index contributed by atoms with van der Waals surface area (Å²) >= 11 is 6.11. The summed E-state index contributed by atoms with van der Waals surface area (Å²) in [6.45, 7) is 0. The summed E-state index contributed by atoms with van der Waals surface area (Å²) in [5, 5.41) is 29.4. The number of aromatic nitrogens is 3. The highest BCUT2D eigenvalue weighted by Gasteiger charge is 2.23. The lowest BCUT2D eigenvalue weighted by Crippen LogP contribution is -2.31. The average molecular weight is 430 g/mol. The van der Waals surface area contributed by atoms with E-state index < -0.39 is 7.12 Å². The van der Waals surface area contributed by atoms with E-state index in [1.165, 1.54) is 7.11 Å². The van der Waals surface area contributed by atoms with E-state index in [2.05, 4.69) is 16.3 Å². The summed E-state index contributed by atoms with van der Waals surface area (Å²) in [5.74, 6) is 0.365. The van der Waals surface area contributed by atoms with Gasteiger partial charge in [0.1, 0.15) is 5.75 Å². The van der Waals surface area contributed by atoms with Crippen molar-refractivity contribution < 1.29 is 14.8 Å². The zero-order valence-corrected chi connectivity index (χ0v) is 17.3. The number of benzene rings is 3. The number of rotatable bonds is 4. The number of para-hydroxylation sites is 1. The first-order chi connectivity index (χ1) is 15.1. The number of fused-ring (bicyclic) bond motifs is 3. The summed E-state index contributed by atoms with van der Waals surface area (Å²) in [7, 11) is -0.164. The van der Waals surface area contributed by atoms with Crippen LogP contribution >= 0.6 is 11.6 Å². The number of pyridine rings is 1. The summed E-state index contributed by atoms with van der Waals surface area (Å²) in [6, 6.07) is 18.7. The highest BCUT2D eigenvalue weighted by Crippen LogP contribution is 2.38. The predicted octanol–water partition coefficient (Wildman–Crippen LogP) is 3.79. The van der Waals surface area contributed by atoms with Crippen molar-refractivity contribution in [2.24, 2.45) is 0 Å². The van der Waals surface area contributed by atoms with Crippen molar-refractivity contribution in [3.8, 4) is 28.1 Å². The second-order valence-corrected chi connectivity index (χ2v) is 7.59. The normalized spacial score (nSPS) is 11.2. The zero-order chi connectivity index (χ0) is 21.5. The van der Waals surface area contributed by atoms with Crippen LogP contribution in [0, 0.1) is 0 Å². The Morgan fingerprint density at radius 3 is 2.52 bits per heavy atom. The van der Waals surface area contributed by atoms with Gasteiger partial charge in [-0.2, -0.15) is 5.10 Å². The largest absolute Gasteiger partial charge is 0.496 e. The van der Waals surface area contributed by atoms with Gasteiger partial charge in [0.25, 0.3) is 0 Å². The molecule has 8 heteroatoms. The number of hydrogen-bond donors (Lipinski definition) is 3. The van der Waals surface area contributed by atoms with Crippen LogP contribution in [0.25, 0.3) is 44.2 Å². The van der Waals surface area contributed by atoms with Gasteiger partial charge >= 0.3 is 7.12 Å². The smallest absolute Gasteiger partial charge is 0.492 e. The Morgan fingerprint density at radius 2 is 1.77 bits per heavy atom. The number of aromatic amines is 1. The molecule has 0 aliphatic heterocycles. The standard InChI is InChI=1S/C23H17BClN3O3/c1-31-23-15(3-2-4-19(23)24(29)30)22-16(13-5-7-14(25)8-6-13)11-17-18-12-26-28-21(18)10-9-20(17)27-22/h2-12,29-30H,1H3,(H,26,28). The Balaban J connectivity index is 1.87. The van der Waals surface area contributed by atoms with E-state index in [0.717, 1.165) is 32.9 Å². The van der Waals surface area contributed by atoms with Crippen LogP contribution in [0.2, 0.25) is 5.02 Å². The quantitative estimate of drug-likeness (QED) is 0.378. The van der Waals surface area contributed by atoms with Crippen LogP contribution in [-0.2, 0) is 0 Å². The number of nitrogens with one attached hydrogen (secondary N) is 1. The molecule has 0 amide bonds. The van der Waals surface area contributed by atoms with Gasteiger partial charge in [-0.05, 0) is 42.0 Å². The predicted molar refractivity (Wildman–Crippen MR) is 124 cm³/mol. The molecule has 0 radical (unpaired) electrons. The van der Waals surface area contributed by atoms with Crippen molar-refractivity contribution in [3.63, 3.8) is 0 Å². The van der Waals surface area contributed by atoms with Crippen LogP contribution in [0.5, 0.6) is 5.75 Å². The van der Waals surface area contributed by atoms with Gasteiger partial charge in [0, 0.05) is 32.4 Å². The van der Waals surface area contributed by atoms with E-state index in [9.17, 15) is 10.0 Å². The highest BCUT2D eigenvalue weighted by molar-refractivity contribution is 6.60. The van der Waals surface area contributed by atoms with Crippen molar-refractivity contribution in [2.75, 3.05) is 7.11 Å². The molecule has 0 spiro atoms. The van der Waals surface area contributed by atoms with E-state index >= 15 is 0 Å². The Bertz CT molecular complexity index is 1420. The number of hydrogen-bond acceptors (Lipinski definition) is 5. The molecule has 5 rings (SSSR count). The fraction of sp³-hybridized carbons (Fsp3) is 0.0435. The molecule has 0 aliphatic carbocycles. The maximum Gasteiger partial charge on any atom is 0.492 e. The summed E-state index contributed by atoms with van der Waals surface area (Å²) in [5.41, 5.74) is 5.09. The van der Waals surface area contributed by atoms with E-state index in [4.69, 9.17) is 21.3 Å². The molecule has 0 unspecified atom stereocenters. The van der Waals surface area contributed by atoms with E-state index in [1.807, 2.05) is 42.5 Å². The lowest BCUT2D eigenvalue weighted by Gasteiger charge is -2.17. The lowest BCUT2D eigenvalue weighted by molar-refractivity contribution is 0.404. The van der Waals surface area contributed by atoms with Crippen LogP contribution in [-0.4, -0.2) is 39.5 Å². The summed E-state index contributed by atoms with van der Waals surface area (Å²) < 4.78 is 5.58. The minimum Gasteiger partial charge on any atom is -0.496 e. The Morgan fingerprint density at radius 1 is 0.968 bits per heavy atom. The molecule has 2 heterocycles. The third-order valence-corrected chi connectivity index (χ3v) is 5.61. The number of ether oxygens (including phenoxy) is 1. The fourth-order valence-corrected chi connectivity index (χ4v) is 4.02. The molecule has 0 saturated heterocycles. The van der Waals surface area contributed by atoms with Crippen molar-refractivity contribution in [1.82, 2.24) is 15.2 Å². The van der Waals surface area contributed by atoms with Gasteiger partial charge in [-0.15, -0.1) is 0 Å². The molecule has 0 atom stereocenters. The van der Waals surface area contributed by atoms with Gasteiger partial charge < -0.3 is 14.8 Å². The Hall–Kier alpha value is -3.39. The van der Waals surface area contributed by atoms with Gasteiger partial charge in [0.15, 0.2) is 0 Å². The number of halogens is 1. The molecular weight excluding hydrogens is 413 g/mol. The van der Waals surface area contributed by atoms with Crippen LogP contribution in [0.4, 0.5) is 0 Å². The molecule has 0 fully saturated rings. The van der Waals surface area contributed by atoms with E-state index in [0.29, 0.717) is 22.0 Å². The van der Waals surface area contributed by atoms with E-state index in [-0.39, 0.29) is 5.46 Å². The minimum absolute atomic E-state index is 0.272. The van der Waals surface area contributed by atoms with Crippen molar-refractivity contribution in [3.05, 3.63) is 71.9 Å². The topological polar surface area (TPSA) is 91.3 Å². The third kappa shape index (κ3) is 3.33. The number of nitrogens with zero attached hydrogens (tertiary/aromatic N) is 2. The first-order valence-corrected chi connectivity index (χ1v) is 10.0. The molecule has 0 aliphatic rings. The van der Waals surface area contributed by atoms with Gasteiger partial charge in [-0.3, -0.25) is 5.10 Å². The van der Waals surface area contributed by atoms with Crippen LogP contribution in [0.15, 0.2) is 66.9 Å². The number of H-pyrrole nitrogens is 1. The molecule has 2 aromatic heterocycles. The molecule has 3 N–H and O–H groups in total. The van der Waals surface area contributed by atoms with Crippen molar-refractivity contribution in [1.29, 1.82) is 0 Å². The summed E-state index contributed by atoms with van der Waals surface area (Å²) in [4.78, 5) is 4.97. The second-order valence-electron chi connectivity index (χ2n) is 7.16. The molecule has 3 aromatic carbocycles. The fourth-order valence-electron chi connectivity index (χ4n) is 3.90. The Labute approximate surface area is 183 Å². The second kappa shape index (κ2) is 7.70. The molecule has 6 nitrogen and oxygen atoms in total. The molecule has 31 heavy (non-hydrogen) atoms. The SMILES string of the molecule is COc1c(B(O)O)cccc1-c1nc2ccc3[nH]ncc3c2cc1-c1ccc(Cl)cc1. The molecule has 152 valence electrons. The van der Waals surface area contributed by atoms with Crippen molar-refractivity contribution in [2.45, 2.75) is 0 Å². The maximum atomic E-state index is 9.82. The third-order valence-electron chi connectivity index (χ3n) is 5.36. The van der Waals surface area contributed by atoms with Gasteiger partial charge in [-0.1, -0.05) is 35.9 Å². The molecule has 5 aromatic rings. The van der Waals surface area contributed by atoms with Gasteiger partial charge in [0.05, 0.1) is 30.0 Å². The highest BCUT2D eigenvalue weighted by atomic mass is 35.5. The van der Waals surface area contributed by atoms with E-state index in [1.54, 1.807) is 18.3 Å². The Kier molecular flexibility index (Phi) is 4.86. The first-order valence-electron chi connectivity index (χ1n) is 9.63. The van der Waals surface area contributed by atoms with Crippen molar-refractivity contribution >= 4 is 46.0 Å². The minimum atomic E-state index is -1.67. The van der Waals surface area contributed by atoms with Crippen LogP contribution in [0.3, 0.4) is 0 Å². The average Bonchev–Trinajstić information content (AvgIpc) is 3.27. The summed E-state index contributed by atoms with van der Waals surface area (Å²) in [6.07, 6.45) is 1.79. The lowest BCUT2D eigenvalue weighted by atomic mass is 9.78. The molecule has 0 bridgehead atoms. The van der Waals surface area contributed by atoms with Crippen LogP contribution < -0.4 is 10.2 Å². The number of methoxy groups -OCH3 is 1. The molecule has 0 saturated carbocycles. The maximum absolute atomic E-state index is 9.82. The molecular formula is C23H17BClN3O3.